The predicted molar refractivity (Wildman–Crippen MR) is 150 cm³/mol. The molecule has 0 atom stereocenters. The maximum Gasteiger partial charge on any atom is 0.263 e. The van der Waals surface area contributed by atoms with Gasteiger partial charge in [-0.1, -0.05) is 49.4 Å². The molecule has 3 aromatic carbocycles. The molecule has 0 unspecified atom stereocenters. The normalized spacial score (nSPS) is 10.9. The second-order valence-corrected chi connectivity index (χ2v) is 9.01. The monoisotopic (exact) mass is 529 g/mol. The minimum atomic E-state index is -0.156. The lowest BCUT2D eigenvalue weighted by molar-refractivity contribution is 0.0981. The van der Waals surface area contributed by atoms with Gasteiger partial charge in [-0.25, -0.2) is 4.98 Å². The lowest BCUT2D eigenvalue weighted by atomic mass is 10.0. The van der Waals surface area contributed by atoms with E-state index in [1.165, 1.54) is 11.3 Å². The number of thiazole rings is 1. The van der Waals surface area contributed by atoms with Crippen LogP contribution in [0.3, 0.4) is 0 Å². The molecular formula is C27H32ClN3O4S. The number of fused-ring (bicyclic) bond motifs is 2. The van der Waals surface area contributed by atoms with Crippen LogP contribution in [0.15, 0.2) is 48.5 Å². The van der Waals surface area contributed by atoms with Gasteiger partial charge in [-0.2, -0.15) is 0 Å². The Bertz CT molecular complexity index is 1300. The van der Waals surface area contributed by atoms with Crippen molar-refractivity contribution in [1.29, 1.82) is 0 Å². The van der Waals surface area contributed by atoms with E-state index in [-0.39, 0.29) is 18.3 Å². The molecule has 4 aromatic rings. The van der Waals surface area contributed by atoms with Crippen LogP contribution in [0.1, 0.15) is 24.2 Å². The Morgan fingerprint density at radius 1 is 0.861 bits per heavy atom. The van der Waals surface area contributed by atoms with Gasteiger partial charge in [0.2, 0.25) is 0 Å². The zero-order valence-electron chi connectivity index (χ0n) is 21.2. The van der Waals surface area contributed by atoms with Crippen LogP contribution in [0.25, 0.3) is 21.0 Å². The summed E-state index contributed by atoms with van der Waals surface area (Å²) in [5, 5.41) is 2.59. The number of aromatic nitrogens is 1. The summed E-state index contributed by atoms with van der Waals surface area (Å²) in [5.74, 6) is 1.72. The Kier molecular flexibility index (Phi) is 9.37. The van der Waals surface area contributed by atoms with Gasteiger partial charge in [0, 0.05) is 13.1 Å². The fourth-order valence-corrected chi connectivity index (χ4v) is 5.25. The standard InChI is InChI=1S/C27H31N3O4S.ClH/c1-6-29(7-2)14-15-30(27-28-24-21(32-3)12-13-22(33-4)25(24)35-27)26(31)20-16-18-10-8-9-11-19(18)17-23(20)34-5;/h8-13,16-17H,6-7,14-15H2,1-5H3;1H. The summed E-state index contributed by atoms with van der Waals surface area (Å²) in [6.07, 6.45) is 0. The molecule has 0 bridgehead atoms. The SMILES string of the molecule is CCN(CC)CCN(C(=O)c1cc2ccccc2cc1OC)c1nc2c(OC)ccc(OC)c2s1.Cl. The van der Waals surface area contributed by atoms with Crippen molar-refractivity contribution in [3.05, 3.63) is 54.1 Å². The predicted octanol–water partition coefficient (Wildman–Crippen LogP) is 5.89. The maximum absolute atomic E-state index is 14.1. The molecule has 36 heavy (non-hydrogen) atoms. The van der Waals surface area contributed by atoms with Gasteiger partial charge in [0.25, 0.3) is 5.91 Å². The van der Waals surface area contributed by atoms with Crippen molar-refractivity contribution < 1.29 is 19.0 Å². The van der Waals surface area contributed by atoms with Crippen LogP contribution in [0.4, 0.5) is 5.13 Å². The molecule has 0 spiro atoms. The number of methoxy groups -OCH3 is 3. The van der Waals surface area contributed by atoms with Gasteiger partial charge >= 0.3 is 0 Å². The third-order valence-corrected chi connectivity index (χ3v) is 7.30. The lowest BCUT2D eigenvalue weighted by Crippen LogP contribution is -2.39. The fourth-order valence-electron chi connectivity index (χ4n) is 4.16. The van der Waals surface area contributed by atoms with E-state index in [1.54, 1.807) is 26.2 Å². The number of halogens is 1. The van der Waals surface area contributed by atoms with Crippen molar-refractivity contribution >= 4 is 55.8 Å². The first-order valence-corrected chi connectivity index (χ1v) is 12.5. The second-order valence-electron chi connectivity index (χ2n) is 8.03. The molecule has 4 rings (SSSR count). The number of hydrogen-bond acceptors (Lipinski definition) is 7. The number of anilines is 1. The molecule has 1 heterocycles. The third-order valence-electron chi connectivity index (χ3n) is 6.21. The van der Waals surface area contributed by atoms with Crippen molar-refractivity contribution in [3.8, 4) is 17.2 Å². The number of likely N-dealkylation sites (N-methyl/N-ethyl adjacent to an activating group) is 1. The van der Waals surface area contributed by atoms with Crippen molar-refractivity contribution in [1.82, 2.24) is 9.88 Å². The van der Waals surface area contributed by atoms with Crippen molar-refractivity contribution in [2.24, 2.45) is 0 Å². The molecule has 0 saturated carbocycles. The molecule has 192 valence electrons. The molecule has 0 aliphatic rings. The largest absolute Gasteiger partial charge is 0.496 e. The van der Waals surface area contributed by atoms with Crippen molar-refractivity contribution in [3.63, 3.8) is 0 Å². The number of rotatable bonds is 10. The summed E-state index contributed by atoms with van der Waals surface area (Å²) in [5.41, 5.74) is 1.18. The number of benzene rings is 3. The van der Waals surface area contributed by atoms with E-state index in [9.17, 15) is 4.79 Å². The highest BCUT2D eigenvalue weighted by Crippen LogP contribution is 2.41. The Balaban J connectivity index is 0.00000361. The topological polar surface area (TPSA) is 64.1 Å². The average Bonchev–Trinajstić information content (AvgIpc) is 3.34. The number of amides is 1. The number of carbonyl (C=O) groups is 1. The van der Waals surface area contributed by atoms with Crippen LogP contribution >= 0.6 is 23.7 Å². The van der Waals surface area contributed by atoms with Crippen LogP contribution in [0.5, 0.6) is 17.2 Å². The second kappa shape index (κ2) is 12.3. The highest BCUT2D eigenvalue weighted by Gasteiger charge is 2.26. The van der Waals surface area contributed by atoms with E-state index in [0.29, 0.717) is 40.0 Å². The Labute approximate surface area is 222 Å². The molecule has 0 saturated heterocycles. The molecule has 1 aromatic heterocycles. The van der Waals surface area contributed by atoms with Gasteiger partial charge < -0.3 is 19.1 Å². The Morgan fingerprint density at radius 3 is 2.08 bits per heavy atom. The molecule has 1 amide bonds. The third kappa shape index (κ3) is 5.36. The molecule has 0 aliphatic carbocycles. The molecule has 0 aliphatic heterocycles. The van der Waals surface area contributed by atoms with Gasteiger partial charge in [0.05, 0.1) is 26.9 Å². The van der Waals surface area contributed by atoms with Crippen LogP contribution in [-0.4, -0.2) is 63.3 Å². The molecule has 7 nitrogen and oxygen atoms in total. The average molecular weight is 530 g/mol. The first-order chi connectivity index (χ1) is 17.0. The minimum absolute atomic E-state index is 0. The highest BCUT2D eigenvalue weighted by atomic mass is 35.5. The Hall–Kier alpha value is -3.07. The van der Waals surface area contributed by atoms with Crippen LogP contribution < -0.4 is 19.1 Å². The van der Waals surface area contributed by atoms with Crippen LogP contribution in [0, 0.1) is 0 Å². The number of hydrogen-bond donors (Lipinski definition) is 0. The van der Waals surface area contributed by atoms with E-state index in [1.807, 2.05) is 48.5 Å². The van der Waals surface area contributed by atoms with E-state index in [2.05, 4.69) is 18.7 Å². The summed E-state index contributed by atoms with van der Waals surface area (Å²) >= 11 is 1.42. The first kappa shape index (κ1) is 27.5. The summed E-state index contributed by atoms with van der Waals surface area (Å²) < 4.78 is 17.6. The number of ether oxygens (including phenoxy) is 3. The number of nitrogens with zero attached hydrogens (tertiary/aromatic N) is 3. The summed E-state index contributed by atoms with van der Waals surface area (Å²) in [7, 11) is 4.84. The molecule has 0 N–H and O–H groups in total. The van der Waals surface area contributed by atoms with Gasteiger partial charge in [0.15, 0.2) is 5.13 Å². The summed E-state index contributed by atoms with van der Waals surface area (Å²) in [6, 6.07) is 15.5. The minimum Gasteiger partial charge on any atom is -0.496 e. The molecule has 0 radical (unpaired) electrons. The molecule has 9 heteroatoms. The fraction of sp³-hybridized carbons (Fsp3) is 0.333. The van der Waals surface area contributed by atoms with E-state index >= 15 is 0 Å². The lowest BCUT2D eigenvalue weighted by Gasteiger charge is -2.25. The van der Waals surface area contributed by atoms with E-state index in [4.69, 9.17) is 19.2 Å². The Morgan fingerprint density at radius 2 is 1.47 bits per heavy atom. The van der Waals surface area contributed by atoms with Crippen LogP contribution in [-0.2, 0) is 0 Å². The van der Waals surface area contributed by atoms with E-state index < -0.39 is 0 Å². The summed E-state index contributed by atoms with van der Waals surface area (Å²) in [4.78, 5) is 22.9. The van der Waals surface area contributed by atoms with Crippen molar-refractivity contribution in [2.45, 2.75) is 13.8 Å². The van der Waals surface area contributed by atoms with Gasteiger partial charge in [-0.05, 0) is 48.1 Å². The highest BCUT2D eigenvalue weighted by molar-refractivity contribution is 7.22. The maximum atomic E-state index is 14.1. The van der Waals surface area contributed by atoms with Crippen LogP contribution in [0.2, 0.25) is 0 Å². The van der Waals surface area contributed by atoms with Gasteiger partial charge in [-0.15, -0.1) is 12.4 Å². The molecule has 0 fully saturated rings. The quantitative estimate of drug-likeness (QED) is 0.255. The first-order valence-electron chi connectivity index (χ1n) is 11.7. The molecular weight excluding hydrogens is 498 g/mol. The van der Waals surface area contributed by atoms with Crippen molar-refractivity contribution in [2.75, 3.05) is 52.4 Å². The zero-order chi connectivity index (χ0) is 24.9. The summed E-state index contributed by atoms with van der Waals surface area (Å²) in [6.45, 7) is 7.25. The number of carbonyl (C=O) groups excluding carboxylic acids is 1. The smallest absolute Gasteiger partial charge is 0.263 e. The van der Waals surface area contributed by atoms with Gasteiger partial charge in [-0.3, -0.25) is 9.69 Å². The zero-order valence-corrected chi connectivity index (χ0v) is 22.9. The van der Waals surface area contributed by atoms with Gasteiger partial charge in [0.1, 0.15) is 27.5 Å². The van der Waals surface area contributed by atoms with E-state index in [0.717, 1.165) is 35.1 Å².